The zero-order chi connectivity index (χ0) is 15.1. The molecule has 0 amide bonds. The molecule has 3 heteroatoms. The Morgan fingerprint density at radius 2 is 1.81 bits per heavy atom. The molecule has 0 radical (unpaired) electrons. The molecule has 0 aliphatic rings. The van der Waals surface area contributed by atoms with Gasteiger partial charge in [0, 0.05) is 6.07 Å². The molecule has 0 N–H and O–H groups in total. The summed E-state index contributed by atoms with van der Waals surface area (Å²) >= 11 is 5.55. The second-order valence-electron chi connectivity index (χ2n) is 4.53. The average Bonchev–Trinajstić information content (AvgIpc) is 2.52. The van der Waals surface area contributed by atoms with E-state index in [-0.39, 0.29) is 11.7 Å². The minimum Gasteiger partial charge on any atom is -0.487 e. The molecule has 0 heterocycles. The summed E-state index contributed by atoms with van der Waals surface area (Å²) in [4.78, 5) is 0. The topological polar surface area (TPSA) is 9.23 Å². The van der Waals surface area contributed by atoms with E-state index in [1.54, 1.807) is 6.07 Å². The first-order valence-corrected chi connectivity index (χ1v) is 7.31. The number of alkyl halides is 1. The van der Waals surface area contributed by atoms with Gasteiger partial charge >= 0.3 is 0 Å². The average molecular weight is 303 g/mol. The summed E-state index contributed by atoms with van der Waals surface area (Å²) in [5.41, 5.74) is 2.95. The van der Waals surface area contributed by atoms with E-state index in [9.17, 15) is 4.39 Å². The second kappa shape index (κ2) is 7.71. The van der Waals surface area contributed by atoms with E-state index >= 15 is 0 Å². The molecule has 108 valence electrons. The van der Waals surface area contributed by atoms with E-state index < -0.39 is 0 Å². The number of rotatable bonds is 4. The standard InChI is InChI=1S/C18H16ClFO/c1-2-14-5-7-15(8-6-14)13-21-18-12-17(20)10-9-16(18)4-3-11-19/h5-10,12H,2,11,13H2,1H3. The summed E-state index contributed by atoms with van der Waals surface area (Å²) in [6.45, 7) is 2.49. The normalized spacial score (nSPS) is 9.86. The molecule has 2 aromatic rings. The summed E-state index contributed by atoms with van der Waals surface area (Å²) in [5, 5.41) is 0. The van der Waals surface area contributed by atoms with Crippen molar-refractivity contribution in [3.8, 4) is 17.6 Å². The van der Waals surface area contributed by atoms with Crippen molar-refractivity contribution in [2.24, 2.45) is 0 Å². The van der Waals surface area contributed by atoms with E-state index in [4.69, 9.17) is 16.3 Å². The Labute approximate surface area is 129 Å². The third-order valence-electron chi connectivity index (χ3n) is 3.06. The summed E-state index contributed by atoms with van der Waals surface area (Å²) < 4.78 is 19.0. The molecule has 21 heavy (non-hydrogen) atoms. The molecule has 2 aromatic carbocycles. The lowest BCUT2D eigenvalue weighted by atomic mass is 10.1. The number of benzene rings is 2. The van der Waals surface area contributed by atoms with Gasteiger partial charge in [0.1, 0.15) is 18.2 Å². The van der Waals surface area contributed by atoms with E-state index in [1.165, 1.54) is 17.7 Å². The number of hydrogen-bond donors (Lipinski definition) is 0. The smallest absolute Gasteiger partial charge is 0.138 e. The summed E-state index contributed by atoms with van der Waals surface area (Å²) in [7, 11) is 0. The first-order valence-electron chi connectivity index (χ1n) is 6.78. The van der Waals surface area contributed by atoms with Crippen LogP contribution in [0.3, 0.4) is 0 Å². The first-order chi connectivity index (χ1) is 10.2. The summed E-state index contributed by atoms with van der Waals surface area (Å²) in [5.74, 6) is 5.95. The quantitative estimate of drug-likeness (QED) is 0.594. The molecule has 0 aromatic heterocycles. The van der Waals surface area contributed by atoms with Gasteiger partial charge in [0.05, 0.1) is 11.4 Å². The summed E-state index contributed by atoms with van der Waals surface area (Å²) in [6.07, 6.45) is 1.00. The molecule has 0 fully saturated rings. The molecule has 0 bridgehead atoms. The van der Waals surface area contributed by atoms with Crippen molar-refractivity contribution in [2.75, 3.05) is 5.88 Å². The van der Waals surface area contributed by atoms with Gasteiger partial charge in [-0.2, -0.15) is 0 Å². The van der Waals surface area contributed by atoms with Gasteiger partial charge in [-0.05, 0) is 29.7 Å². The fourth-order valence-electron chi connectivity index (χ4n) is 1.88. The highest BCUT2D eigenvalue weighted by atomic mass is 35.5. The number of halogens is 2. The zero-order valence-electron chi connectivity index (χ0n) is 11.8. The van der Waals surface area contributed by atoms with Crippen molar-refractivity contribution in [1.29, 1.82) is 0 Å². The molecule has 0 spiro atoms. The Morgan fingerprint density at radius 1 is 1.10 bits per heavy atom. The first kappa shape index (κ1) is 15.4. The predicted octanol–water partition coefficient (Wildman–Crippen LogP) is 4.56. The van der Waals surface area contributed by atoms with Gasteiger partial charge in [0.15, 0.2) is 0 Å². The molecule has 1 nitrogen and oxygen atoms in total. The summed E-state index contributed by atoms with van der Waals surface area (Å²) in [6, 6.07) is 12.5. The van der Waals surface area contributed by atoms with Crippen LogP contribution in [-0.4, -0.2) is 5.88 Å². The highest BCUT2D eigenvalue weighted by molar-refractivity contribution is 6.19. The Kier molecular flexibility index (Phi) is 5.66. The molecule has 2 rings (SSSR count). The molecule has 0 unspecified atom stereocenters. The molecule has 0 atom stereocenters. The number of hydrogen-bond acceptors (Lipinski definition) is 1. The fraction of sp³-hybridized carbons (Fsp3) is 0.222. The minimum atomic E-state index is -0.345. The largest absolute Gasteiger partial charge is 0.487 e. The van der Waals surface area contributed by atoms with Crippen LogP contribution < -0.4 is 4.74 Å². The lowest BCUT2D eigenvalue weighted by Gasteiger charge is -2.09. The highest BCUT2D eigenvalue weighted by Gasteiger charge is 2.04. The SMILES string of the molecule is CCc1ccc(COc2cc(F)ccc2C#CCCl)cc1. The Bertz CT molecular complexity index is 653. The van der Waals surface area contributed by atoms with Crippen LogP contribution in [0, 0.1) is 17.7 Å². The van der Waals surface area contributed by atoms with Gasteiger partial charge in [-0.15, -0.1) is 11.6 Å². The second-order valence-corrected chi connectivity index (χ2v) is 4.80. The highest BCUT2D eigenvalue weighted by Crippen LogP contribution is 2.20. The maximum atomic E-state index is 13.3. The van der Waals surface area contributed by atoms with E-state index in [2.05, 4.69) is 30.9 Å². The van der Waals surface area contributed by atoms with Gasteiger partial charge < -0.3 is 4.74 Å². The van der Waals surface area contributed by atoms with Crippen LogP contribution in [0.15, 0.2) is 42.5 Å². The van der Waals surface area contributed by atoms with Crippen LogP contribution in [0.5, 0.6) is 5.75 Å². The van der Waals surface area contributed by atoms with Gasteiger partial charge in [-0.3, -0.25) is 0 Å². The van der Waals surface area contributed by atoms with Crippen LogP contribution in [-0.2, 0) is 13.0 Å². The molecular formula is C18H16ClFO. The van der Waals surface area contributed by atoms with Crippen LogP contribution >= 0.6 is 11.6 Å². The Morgan fingerprint density at radius 3 is 2.48 bits per heavy atom. The van der Waals surface area contributed by atoms with Gasteiger partial charge in [0.25, 0.3) is 0 Å². The monoisotopic (exact) mass is 302 g/mol. The van der Waals surface area contributed by atoms with Crippen molar-refractivity contribution in [3.05, 3.63) is 65.0 Å². The van der Waals surface area contributed by atoms with Crippen molar-refractivity contribution in [2.45, 2.75) is 20.0 Å². The van der Waals surface area contributed by atoms with Crippen molar-refractivity contribution in [1.82, 2.24) is 0 Å². The van der Waals surface area contributed by atoms with Gasteiger partial charge in [-0.25, -0.2) is 4.39 Å². The van der Waals surface area contributed by atoms with Crippen molar-refractivity contribution in [3.63, 3.8) is 0 Å². The van der Waals surface area contributed by atoms with Gasteiger partial charge in [-0.1, -0.05) is 43.0 Å². The Balaban J connectivity index is 2.12. The minimum absolute atomic E-state index is 0.231. The number of ether oxygens (including phenoxy) is 1. The van der Waals surface area contributed by atoms with Crippen molar-refractivity contribution >= 4 is 11.6 Å². The molecule has 0 saturated heterocycles. The van der Waals surface area contributed by atoms with Crippen LogP contribution in [0.2, 0.25) is 0 Å². The van der Waals surface area contributed by atoms with E-state index in [0.717, 1.165) is 12.0 Å². The third kappa shape index (κ3) is 4.51. The van der Waals surface area contributed by atoms with Crippen LogP contribution in [0.1, 0.15) is 23.6 Å². The van der Waals surface area contributed by atoms with Crippen LogP contribution in [0.25, 0.3) is 0 Å². The predicted molar refractivity (Wildman–Crippen MR) is 84.2 cm³/mol. The zero-order valence-corrected chi connectivity index (χ0v) is 12.6. The molecule has 0 saturated carbocycles. The third-order valence-corrected chi connectivity index (χ3v) is 3.19. The fourth-order valence-corrected chi connectivity index (χ4v) is 1.95. The molecule has 0 aliphatic heterocycles. The maximum Gasteiger partial charge on any atom is 0.138 e. The van der Waals surface area contributed by atoms with Gasteiger partial charge in [0.2, 0.25) is 0 Å². The maximum absolute atomic E-state index is 13.3. The van der Waals surface area contributed by atoms with E-state index in [0.29, 0.717) is 17.9 Å². The Hall–Kier alpha value is -1.98. The van der Waals surface area contributed by atoms with Crippen LogP contribution in [0.4, 0.5) is 4.39 Å². The van der Waals surface area contributed by atoms with Crippen molar-refractivity contribution < 1.29 is 9.13 Å². The lowest BCUT2D eigenvalue weighted by molar-refractivity contribution is 0.303. The lowest BCUT2D eigenvalue weighted by Crippen LogP contribution is -1.98. The molecule has 0 aliphatic carbocycles. The molecular weight excluding hydrogens is 287 g/mol. The van der Waals surface area contributed by atoms with E-state index in [1.807, 2.05) is 12.1 Å². The number of aryl methyl sites for hydroxylation is 1.